The zero-order valence-corrected chi connectivity index (χ0v) is 9.68. The molecule has 3 atom stereocenters. The molecule has 0 aromatic carbocycles. The van der Waals surface area contributed by atoms with Gasteiger partial charge in [-0.1, -0.05) is 20.3 Å². The van der Waals surface area contributed by atoms with E-state index in [1.165, 1.54) is 19.3 Å². The fourth-order valence-corrected chi connectivity index (χ4v) is 2.56. The van der Waals surface area contributed by atoms with Crippen molar-refractivity contribution in [2.45, 2.75) is 51.7 Å². The molecule has 0 spiro atoms. The zero-order valence-electron chi connectivity index (χ0n) is 9.68. The van der Waals surface area contributed by atoms with Crippen molar-refractivity contribution >= 4 is 0 Å². The second-order valence-electron chi connectivity index (χ2n) is 5.46. The summed E-state index contributed by atoms with van der Waals surface area (Å²) in [6.45, 7) is 8.73. The predicted molar refractivity (Wildman–Crippen MR) is 58.3 cm³/mol. The van der Waals surface area contributed by atoms with Gasteiger partial charge in [-0.05, 0) is 31.6 Å². The fourth-order valence-electron chi connectivity index (χ4n) is 2.56. The van der Waals surface area contributed by atoms with Crippen molar-refractivity contribution in [2.75, 3.05) is 13.2 Å². The summed E-state index contributed by atoms with van der Waals surface area (Å²) < 4.78 is 6.10. The van der Waals surface area contributed by atoms with E-state index in [0.29, 0.717) is 5.92 Å². The molecule has 2 aliphatic rings. The normalized spacial score (nSPS) is 43.7. The monoisotopic (exact) mass is 197 g/mol. The second-order valence-corrected chi connectivity index (χ2v) is 5.46. The quantitative estimate of drug-likeness (QED) is 0.696. The van der Waals surface area contributed by atoms with Crippen molar-refractivity contribution in [1.82, 2.24) is 5.32 Å². The summed E-state index contributed by atoms with van der Waals surface area (Å²) in [7, 11) is 0. The molecule has 1 aliphatic carbocycles. The summed E-state index contributed by atoms with van der Waals surface area (Å²) in [6, 6.07) is 0.732. The summed E-state index contributed by atoms with van der Waals surface area (Å²) in [4.78, 5) is 0. The molecule has 82 valence electrons. The average Bonchev–Trinajstić information content (AvgIpc) is 2.53. The van der Waals surface area contributed by atoms with E-state index >= 15 is 0 Å². The summed E-state index contributed by atoms with van der Waals surface area (Å²) in [5, 5.41) is 3.69. The van der Waals surface area contributed by atoms with Crippen molar-refractivity contribution in [3.8, 4) is 0 Å². The SMILES string of the molecule is CC(C)C1(C)CNC2CCCC2CO1. The maximum atomic E-state index is 6.10. The van der Waals surface area contributed by atoms with E-state index in [0.717, 1.165) is 25.1 Å². The molecule has 2 rings (SSSR count). The van der Waals surface area contributed by atoms with Gasteiger partial charge in [-0.3, -0.25) is 0 Å². The lowest BCUT2D eigenvalue weighted by molar-refractivity contribution is -0.0620. The summed E-state index contributed by atoms with van der Waals surface area (Å²) in [5.74, 6) is 1.37. The molecule has 1 saturated carbocycles. The van der Waals surface area contributed by atoms with Gasteiger partial charge in [0.25, 0.3) is 0 Å². The Kier molecular flexibility index (Phi) is 2.85. The largest absolute Gasteiger partial charge is 0.373 e. The van der Waals surface area contributed by atoms with E-state index < -0.39 is 0 Å². The Bertz CT molecular complexity index is 188. The van der Waals surface area contributed by atoms with E-state index in [1.807, 2.05) is 0 Å². The van der Waals surface area contributed by atoms with Crippen molar-refractivity contribution < 1.29 is 4.74 Å². The molecule has 3 unspecified atom stereocenters. The maximum absolute atomic E-state index is 6.10. The Morgan fingerprint density at radius 2 is 2.14 bits per heavy atom. The molecule has 0 bridgehead atoms. The predicted octanol–water partition coefficient (Wildman–Crippen LogP) is 2.19. The lowest BCUT2D eigenvalue weighted by Gasteiger charge is -2.32. The van der Waals surface area contributed by atoms with Crippen LogP contribution >= 0.6 is 0 Å². The van der Waals surface area contributed by atoms with Crippen molar-refractivity contribution in [3.05, 3.63) is 0 Å². The number of ether oxygens (including phenoxy) is 1. The minimum absolute atomic E-state index is 0.0460. The highest BCUT2D eigenvalue weighted by atomic mass is 16.5. The molecule has 2 nitrogen and oxygen atoms in total. The third kappa shape index (κ3) is 1.82. The highest BCUT2D eigenvalue weighted by Gasteiger charge is 2.37. The minimum atomic E-state index is 0.0460. The van der Waals surface area contributed by atoms with Crippen LogP contribution in [0.25, 0.3) is 0 Å². The molecule has 2 heteroatoms. The van der Waals surface area contributed by atoms with Gasteiger partial charge in [0, 0.05) is 12.6 Å². The Labute approximate surface area is 87.4 Å². The van der Waals surface area contributed by atoms with Gasteiger partial charge in [-0.2, -0.15) is 0 Å². The Balaban J connectivity index is 2.01. The molecule has 1 N–H and O–H groups in total. The van der Waals surface area contributed by atoms with Crippen LogP contribution in [-0.2, 0) is 4.74 Å². The molecule has 1 saturated heterocycles. The standard InChI is InChI=1S/C12H23NO/c1-9(2)12(3)8-13-11-6-4-5-10(11)7-14-12/h9-11,13H,4-8H2,1-3H3. The van der Waals surface area contributed by atoms with Crippen molar-refractivity contribution in [1.29, 1.82) is 0 Å². The fraction of sp³-hybridized carbons (Fsp3) is 1.00. The zero-order chi connectivity index (χ0) is 10.2. The highest BCUT2D eigenvalue weighted by Crippen LogP contribution is 2.32. The van der Waals surface area contributed by atoms with Crippen LogP contribution in [0, 0.1) is 11.8 Å². The van der Waals surface area contributed by atoms with Gasteiger partial charge in [-0.25, -0.2) is 0 Å². The first-order chi connectivity index (χ1) is 6.62. The van der Waals surface area contributed by atoms with Gasteiger partial charge in [0.2, 0.25) is 0 Å². The van der Waals surface area contributed by atoms with Crippen LogP contribution in [0.1, 0.15) is 40.0 Å². The molecule has 2 fully saturated rings. The highest BCUT2D eigenvalue weighted by molar-refractivity contribution is 4.92. The second kappa shape index (κ2) is 3.82. The van der Waals surface area contributed by atoms with E-state index in [-0.39, 0.29) is 5.60 Å². The molecular formula is C12H23NO. The van der Waals surface area contributed by atoms with Crippen LogP contribution in [0.5, 0.6) is 0 Å². The first-order valence-electron chi connectivity index (χ1n) is 5.99. The van der Waals surface area contributed by atoms with Crippen LogP contribution in [-0.4, -0.2) is 24.8 Å². The van der Waals surface area contributed by atoms with Crippen molar-refractivity contribution in [3.63, 3.8) is 0 Å². The molecule has 0 radical (unpaired) electrons. The van der Waals surface area contributed by atoms with Crippen LogP contribution < -0.4 is 5.32 Å². The van der Waals surface area contributed by atoms with Gasteiger partial charge < -0.3 is 10.1 Å². The summed E-state index contributed by atoms with van der Waals surface area (Å²) in [6.07, 6.45) is 4.08. The summed E-state index contributed by atoms with van der Waals surface area (Å²) in [5.41, 5.74) is 0.0460. The van der Waals surface area contributed by atoms with Gasteiger partial charge in [0.15, 0.2) is 0 Å². The van der Waals surface area contributed by atoms with Crippen LogP contribution in [0.15, 0.2) is 0 Å². The van der Waals surface area contributed by atoms with E-state index in [4.69, 9.17) is 4.74 Å². The number of hydrogen-bond donors (Lipinski definition) is 1. The van der Waals surface area contributed by atoms with Crippen LogP contribution in [0.2, 0.25) is 0 Å². The first kappa shape index (κ1) is 10.4. The molecule has 0 aromatic rings. The molecule has 1 heterocycles. The van der Waals surface area contributed by atoms with Crippen LogP contribution in [0.3, 0.4) is 0 Å². The smallest absolute Gasteiger partial charge is 0.0801 e. The Hall–Kier alpha value is -0.0800. The van der Waals surface area contributed by atoms with Gasteiger partial charge in [0.05, 0.1) is 12.2 Å². The number of rotatable bonds is 1. The summed E-state index contributed by atoms with van der Waals surface area (Å²) >= 11 is 0. The maximum Gasteiger partial charge on any atom is 0.0801 e. The van der Waals surface area contributed by atoms with E-state index in [9.17, 15) is 0 Å². The lowest BCUT2D eigenvalue weighted by Crippen LogP contribution is -2.44. The number of nitrogens with one attached hydrogen (secondary N) is 1. The Morgan fingerprint density at radius 1 is 1.36 bits per heavy atom. The van der Waals surface area contributed by atoms with Crippen LogP contribution in [0.4, 0.5) is 0 Å². The van der Waals surface area contributed by atoms with E-state index in [1.54, 1.807) is 0 Å². The third-order valence-corrected chi connectivity index (χ3v) is 4.22. The lowest BCUT2D eigenvalue weighted by atomic mass is 9.92. The van der Waals surface area contributed by atoms with Gasteiger partial charge >= 0.3 is 0 Å². The average molecular weight is 197 g/mol. The van der Waals surface area contributed by atoms with E-state index in [2.05, 4.69) is 26.1 Å². The molecule has 0 amide bonds. The third-order valence-electron chi connectivity index (χ3n) is 4.22. The topological polar surface area (TPSA) is 21.3 Å². The molecule has 14 heavy (non-hydrogen) atoms. The molecule has 0 aromatic heterocycles. The molecular weight excluding hydrogens is 174 g/mol. The number of hydrogen-bond acceptors (Lipinski definition) is 2. The van der Waals surface area contributed by atoms with Gasteiger partial charge in [-0.15, -0.1) is 0 Å². The van der Waals surface area contributed by atoms with Gasteiger partial charge in [0.1, 0.15) is 0 Å². The Morgan fingerprint density at radius 3 is 2.86 bits per heavy atom. The van der Waals surface area contributed by atoms with Crippen molar-refractivity contribution in [2.24, 2.45) is 11.8 Å². The molecule has 1 aliphatic heterocycles. The first-order valence-corrected chi connectivity index (χ1v) is 5.99. The number of fused-ring (bicyclic) bond motifs is 1. The minimum Gasteiger partial charge on any atom is -0.373 e.